The predicted octanol–water partition coefficient (Wildman–Crippen LogP) is 3.08. The Labute approximate surface area is 126 Å². The lowest BCUT2D eigenvalue weighted by molar-refractivity contribution is 0.208. The molecule has 2 aromatic heterocycles. The van der Waals surface area contributed by atoms with Gasteiger partial charge in [-0.15, -0.1) is 0 Å². The zero-order chi connectivity index (χ0) is 15.3. The Morgan fingerprint density at radius 2 is 2.10 bits per heavy atom. The summed E-state index contributed by atoms with van der Waals surface area (Å²) < 4.78 is 5.34. The van der Waals surface area contributed by atoms with Gasteiger partial charge in [-0.05, 0) is 42.9 Å². The number of pyridine rings is 1. The molecule has 0 aromatic carbocycles. The van der Waals surface area contributed by atoms with Gasteiger partial charge >= 0.3 is 0 Å². The third kappa shape index (κ3) is 4.36. The van der Waals surface area contributed by atoms with Gasteiger partial charge in [-0.25, -0.2) is 0 Å². The van der Waals surface area contributed by atoms with Gasteiger partial charge in [0.1, 0.15) is 0 Å². The maximum atomic E-state index is 5.72. The minimum absolute atomic E-state index is 0.242. The van der Waals surface area contributed by atoms with Gasteiger partial charge in [0.2, 0.25) is 11.7 Å². The van der Waals surface area contributed by atoms with Crippen LogP contribution >= 0.6 is 0 Å². The van der Waals surface area contributed by atoms with Crippen LogP contribution in [0.3, 0.4) is 0 Å². The van der Waals surface area contributed by atoms with Crippen molar-refractivity contribution in [3.63, 3.8) is 0 Å². The summed E-state index contributed by atoms with van der Waals surface area (Å²) in [6, 6.07) is 3.79. The molecule has 1 atom stereocenters. The van der Waals surface area contributed by atoms with E-state index in [1.54, 1.807) is 12.4 Å². The van der Waals surface area contributed by atoms with E-state index in [2.05, 4.69) is 35.9 Å². The Morgan fingerprint density at radius 1 is 1.29 bits per heavy atom. The van der Waals surface area contributed by atoms with Crippen LogP contribution in [-0.4, -0.2) is 21.7 Å². The number of nitrogens with zero attached hydrogens (tertiary/aromatic N) is 3. The maximum absolute atomic E-state index is 5.72. The fraction of sp³-hybridized carbons (Fsp3) is 0.562. The molecule has 0 aliphatic heterocycles. The Bertz CT molecular complexity index is 545. The van der Waals surface area contributed by atoms with Crippen molar-refractivity contribution in [1.29, 1.82) is 0 Å². The molecule has 2 N–H and O–H groups in total. The van der Waals surface area contributed by atoms with Crippen LogP contribution in [0.2, 0.25) is 0 Å². The van der Waals surface area contributed by atoms with E-state index in [1.165, 1.54) is 0 Å². The molecule has 1 unspecified atom stereocenters. The molecule has 0 spiro atoms. The SMILES string of the molecule is CC(C)(C)C(CCN)CCc1nc(-c2cccnc2)no1. The first kappa shape index (κ1) is 15.6. The first-order chi connectivity index (χ1) is 10.0. The van der Waals surface area contributed by atoms with E-state index in [0.29, 0.717) is 24.2 Å². The highest BCUT2D eigenvalue weighted by Gasteiger charge is 2.24. The van der Waals surface area contributed by atoms with Crippen LogP contribution in [0.1, 0.15) is 39.5 Å². The Kier molecular flexibility index (Phi) is 5.07. The molecule has 0 radical (unpaired) electrons. The second-order valence-corrected chi connectivity index (χ2v) is 6.43. The second-order valence-electron chi connectivity index (χ2n) is 6.43. The van der Waals surface area contributed by atoms with Crippen molar-refractivity contribution in [3.8, 4) is 11.4 Å². The molecule has 5 nitrogen and oxygen atoms in total. The van der Waals surface area contributed by atoms with Crippen LogP contribution < -0.4 is 5.73 Å². The molecule has 0 fully saturated rings. The van der Waals surface area contributed by atoms with E-state index >= 15 is 0 Å². The first-order valence-electron chi connectivity index (χ1n) is 7.43. The normalized spacial score (nSPS) is 13.3. The van der Waals surface area contributed by atoms with Crippen LogP contribution in [0.4, 0.5) is 0 Å². The number of nitrogens with two attached hydrogens (primary N) is 1. The van der Waals surface area contributed by atoms with Crippen molar-refractivity contribution in [2.45, 2.75) is 40.0 Å². The third-order valence-corrected chi connectivity index (χ3v) is 3.83. The molecule has 2 aromatic rings. The molecule has 0 aliphatic carbocycles. The summed E-state index contributed by atoms with van der Waals surface area (Å²) in [7, 11) is 0. The number of aryl methyl sites for hydroxylation is 1. The van der Waals surface area contributed by atoms with E-state index in [-0.39, 0.29) is 5.41 Å². The van der Waals surface area contributed by atoms with Gasteiger partial charge in [0.15, 0.2) is 0 Å². The predicted molar refractivity (Wildman–Crippen MR) is 82.5 cm³/mol. The molecule has 0 saturated heterocycles. The second kappa shape index (κ2) is 6.80. The van der Waals surface area contributed by atoms with E-state index in [1.807, 2.05) is 12.1 Å². The van der Waals surface area contributed by atoms with Gasteiger partial charge in [-0.3, -0.25) is 4.98 Å². The molecule has 0 amide bonds. The summed E-state index contributed by atoms with van der Waals surface area (Å²) in [6.07, 6.45) is 6.28. The number of hydrogen-bond donors (Lipinski definition) is 1. The monoisotopic (exact) mass is 288 g/mol. The van der Waals surface area contributed by atoms with Crippen molar-refractivity contribution >= 4 is 0 Å². The summed E-state index contributed by atoms with van der Waals surface area (Å²) in [6.45, 7) is 7.47. The molecule has 0 aliphatic rings. The summed E-state index contributed by atoms with van der Waals surface area (Å²) >= 11 is 0. The number of aromatic nitrogens is 3. The van der Waals surface area contributed by atoms with Crippen molar-refractivity contribution in [1.82, 2.24) is 15.1 Å². The van der Waals surface area contributed by atoms with Crippen LogP contribution in [0.25, 0.3) is 11.4 Å². The highest BCUT2D eigenvalue weighted by Crippen LogP contribution is 2.32. The molecular weight excluding hydrogens is 264 g/mol. The van der Waals surface area contributed by atoms with Gasteiger partial charge in [-0.2, -0.15) is 4.98 Å². The quantitative estimate of drug-likeness (QED) is 0.883. The average molecular weight is 288 g/mol. The highest BCUT2D eigenvalue weighted by molar-refractivity contribution is 5.51. The van der Waals surface area contributed by atoms with Crippen molar-refractivity contribution < 1.29 is 4.52 Å². The lowest BCUT2D eigenvalue weighted by atomic mass is 9.76. The Balaban J connectivity index is 1.99. The minimum Gasteiger partial charge on any atom is -0.339 e. The van der Waals surface area contributed by atoms with Gasteiger partial charge in [0, 0.05) is 24.4 Å². The van der Waals surface area contributed by atoms with E-state index in [0.717, 1.165) is 24.8 Å². The minimum atomic E-state index is 0.242. The zero-order valence-corrected chi connectivity index (χ0v) is 13.0. The van der Waals surface area contributed by atoms with Crippen LogP contribution in [0.5, 0.6) is 0 Å². The van der Waals surface area contributed by atoms with Crippen LogP contribution in [0.15, 0.2) is 29.0 Å². The highest BCUT2D eigenvalue weighted by atomic mass is 16.5. The molecular formula is C16H24N4O. The van der Waals surface area contributed by atoms with Crippen molar-refractivity contribution in [2.24, 2.45) is 17.1 Å². The molecule has 114 valence electrons. The maximum Gasteiger partial charge on any atom is 0.226 e. The molecule has 0 bridgehead atoms. The average Bonchev–Trinajstić information content (AvgIpc) is 2.92. The van der Waals surface area contributed by atoms with E-state index in [4.69, 9.17) is 10.3 Å². The molecule has 0 saturated carbocycles. The molecule has 5 heteroatoms. The van der Waals surface area contributed by atoms with Crippen LogP contribution in [-0.2, 0) is 6.42 Å². The van der Waals surface area contributed by atoms with Gasteiger partial charge in [-0.1, -0.05) is 25.9 Å². The summed E-state index contributed by atoms with van der Waals surface area (Å²) in [5, 5.41) is 4.02. The molecule has 21 heavy (non-hydrogen) atoms. The first-order valence-corrected chi connectivity index (χ1v) is 7.43. The molecule has 2 heterocycles. The lowest BCUT2D eigenvalue weighted by Crippen LogP contribution is -2.24. The topological polar surface area (TPSA) is 77.8 Å². The Morgan fingerprint density at radius 3 is 2.71 bits per heavy atom. The van der Waals surface area contributed by atoms with Gasteiger partial charge < -0.3 is 10.3 Å². The largest absolute Gasteiger partial charge is 0.339 e. The van der Waals surface area contributed by atoms with E-state index in [9.17, 15) is 0 Å². The lowest BCUT2D eigenvalue weighted by Gasteiger charge is -2.30. The third-order valence-electron chi connectivity index (χ3n) is 3.83. The number of hydrogen-bond acceptors (Lipinski definition) is 5. The van der Waals surface area contributed by atoms with Gasteiger partial charge in [0.05, 0.1) is 0 Å². The molecule has 2 rings (SSSR count). The smallest absolute Gasteiger partial charge is 0.226 e. The van der Waals surface area contributed by atoms with Crippen LogP contribution in [0, 0.1) is 11.3 Å². The fourth-order valence-electron chi connectivity index (χ4n) is 2.48. The fourth-order valence-corrected chi connectivity index (χ4v) is 2.48. The summed E-state index contributed by atoms with van der Waals surface area (Å²) in [5.41, 5.74) is 6.84. The Hall–Kier alpha value is -1.75. The summed E-state index contributed by atoms with van der Waals surface area (Å²) in [5.74, 6) is 1.83. The zero-order valence-electron chi connectivity index (χ0n) is 13.0. The van der Waals surface area contributed by atoms with Crippen molar-refractivity contribution in [3.05, 3.63) is 30.4 Å². The summed E-state index contributed by atoms with van der Waals surface area (Å²) in [4.78, 5) is 8.51. The van der Waals surface area contributed by atoms with E-state index < -0.39 is 0 Å². The number of rotatable bonds is 6. The van der Waals surface area contributed by atoms with Crippen molar-refractivity contribution in [2.75, 3.05) is 6.54 Å². The standard InChI is InChI=1S/C16H24N4O/c1-16(2,3)13(8-9-17)6-7-14-19-15(20-21-14)12-5-4-10-18-11-12/h4-5,10-11,13H,6-9,17H2,1-3H3. The van der Waals surface area contributed by atoms with Gasteiger partial charge in [0.25, 0.3) is 0 Å².